The van der Waals surface area contributed by atoms with Gasteiger partial charge >= 0.3 is 0 Å². The first-order valence-corrected chi connectivity index (χ1v) is 4.90. The number of allylic oxidation sites excluding steroid dienone is 1. The summed E-state index contributed by atoms with van der Waals surface area (Å²) in [7, 11) is 0. The van der Waals surface area contributed by atoms with Crippen LogP contribution in [-0.2, 0) is 5.41 Å². The zero-order valence-electron chi connectivity index (χ0n) is 8.58. The first-order chi connectivity index (χ1) is 6.63. The second-order valence-corrected chi connectivity index (χ2v) is 4.45. The van der Waals surface area contributed by atoms with E-state index in [4.69, 9.17) is 0 Å². The maximum Gasteiger partial charge on any atom is 0.150 e. The van der Waals surface area contributed by atoms with Gasteiger partial charge in [0, 0.05) is 5.56 Å². The molecule has 1 nitrogen and oxygen atoms in total. The van der Waals surface area contributed by atoms with Crippen LogP contribution < -0.4 is 0 Å². The van der Waals surface area contributed by atoms with Gasteiger partial charge in [-0.25, -0.2) is 0 Å². The van der Waals surface area contributed by atoms with Crippen LogP contribution in [0.5, 0.6) is 0 Å². The van der Waals surface area contributed by atoms with E-state index in [0.717, 1.165) is 18.3 Å². The molecule has 0 aliphatic heterocycles. The molecule has 0 spiro atoms. The van der Waals surface area contributed by atoms with Gasteiger partial charge in [0.1, 0.15) is 6.29 Å². The number of hydrogen-bond donors (Lipinski definition) is 0. The Balaban J connectivity index is 2.61. The van der Waals surface area contributed by atoms with Crippen LogP contribution in [0, 0.1) is 0 Å². The lowest BCUT2D eigenvalue weighted by atomic mass is 9.75. The first kappa shape index (κ1) is 9.20. The Labute approximate surface area is 84.5 Å². The van der Waals surface area contributed by atoms with E-state index >= 15 is 0 Å². The summed E-state index contributed by atoms with van der Waals surface area (Å²) in [4.78, 5) is 10.7. The van der Waals surface area contributed by atoms with E-state index in [-0.39, 0.29) is 5.41 Å². The van der Waals surface area contributed by atoms with Gasteiger partial charge in [-0.1, -0.05) is 38.1 Å². The van der Waals surface area contributed by atoms with Crippen molar-refractivity contribution in [3.63, 3.8) is 0 Å². The number of benzene rings is 1. The fraction of sp³-hybridized carbons (Fsp3) is 0.308. The van der Waals surface area contributed by atoms with Crippen molar-refractivity contribution >= 4 is 12.4 Å². The molecule has 0 heterocycles. The molecular formula is C13H14O. The van der Waals surface area contributed by atoms with Crippen LogP contribution in [0.25, 0.3) is 6.08 Å². The fourth-order valence-corrected chi connectivity index (χ4v) is 1.97. The topological polar surface area (TPSA) is 17.1 Å². The number of carbonyl (C=O) groups is 1. The first-order valence-electron chi connectivity index (χ1n) is 4.90. The number of hydrogen-bond acceptors (Lipinski definition) is 1. The van der Waals surface area contributed by atoms with Gasteiger partial charge in [0.2, 0.25) is 0 Å². The summed E-state index contributed by atoms with van der Waals surface area (Å²) in [5.74, 6) is 0. The normalized spacial score (nSPS) is 17.6. The Morgan fingerprint density at radius 3 is 2.86 bits per heavy atom. The third kappa shape index (κ3) is 1.39. The van der Waals surface area contributed by atoms with Crippen molar-refractivity contribution in [2.75, 3.05) is 0 Å². The number of aldehydes is 1. The maximum absolute atomic E-state index is 10.7. The zero-order valence-corrected chi connectivity index (χ0v) is 8.58. The predicted molar refractivity (Wildman–Crippen MR) is 58.5 cm³/mol. The Kier molecular flexibility index (Phi) is 2.03. The van der Waals surface area contributed by atoms with E-state index in [1.165, 1.54) is 11.1 Å². The molecule has 1 aromatic rings. The summed E-state index contributed by atoms with van der Waals surface area (Å²) in [5, 5.41) is 0. The SMILES string of the molecule is CC1(C)CC=Cc2ccc(C=O)cc21. The molecule has 0 bridgehead atoms. The number of carbonyl (C=O) groups excluding carboxylic acids is 1. The van der Waals surface area contributed by atoms with Crippen molar-refractivity contribution in [3.05, 3.63) is 41.0 Å². The Morgan fingerprint density at radius 2 is 2.14 bits per heavy atom. The Bertz CT molecular complexity index is 400. The Hall–Kier alpha value is -1.37. The lowest BCUT2D eigenvalue weighted by Gasteiger charge is -2.29. The highest BCUT2D eigenvalue weighted by atomic mass is 16.1. The van der Waals surface area contributed by atoms with Crippen molar-refractivity contribution in [1.29, 1.82) is 0 Å². The van der Waals surface area contributed by atoms with Gasteiger partial charge in [0.15, 0.2) is 0 Å². The monoisotopic (exact) mass is 186 g/mol. The van der Waals surface area contributed by atoms with E-state index in [1.807, 2.05) is 18.2 Å². The molecule has 14 heavy (non-hydrogen) atoms. The van der Waals surface area contributed by atoms with Gasteiger partial charge in [-0.3, -0.25) is 4.79 Å². The zero-order chi connectivity index (χ0) is 10.2. The average molecular weight is 186 g/mol. The van der Waals surface area contributed by atoms with Crippen LogP contribution in [0.15, 0.2) is 24.3 Å². The second-order valence-electron chi connectivity index (χ2n) is 4.45. The maximum atomic E-state index is 10.7. The Morgan fingerprint density at radius 1 is 1.36 bits per heavy atom. The summed E-state index contributed by atoms with van der Waals surface area (Å²) < 4.78 is 0. The van der Waals surface area contributed by atoms with Gasteiger partial charge in [-0.15, -0.1) is 0 Å². The molecular weight excluding hydrogens is 172 g/mol. The molecule has 1 aliphatic rings. The van der Waals surface area contributed by atoms with Crippen LogP contribution >= 0.6 is 0 Å². The average Bonchev–Trinajstić information content (AvgIpc) is 2.17. The highest BCUT2D eigenvalue weighted by Crippen LogP contribution is 2.35. The molecule has 0 aromatic heterocycles. The summed E-state index contributed by atoms with van der Waals surface area (Å²) >= 11 is 0. The van der Waals surface area contributed by atoms with Crippen molar-refractivity contribution in [2.45, 2.75) is 25.7 Å². The molecule has 0 fully saturated rings. The molecule has 1 aliphatic carbocycles. The molecule has 0 radical (unpaired) electrons. The lowest BCUT2D eigenvalue weighted by molar-refractivity contribution is 0.112. The molecule has 1 aromatic carbocycles. The number of rotatable bonds is 1. The number of fused-ring (bicyclic) bond motifs is 1. The molecule has 0 saturated carbocycles. The highest BCUT2D eigenvalue weighted by molar-refractivity contribution is 5.77. The summed E-state index contributed by atoms with van der Waals surface area (Å²) in [5.41, 5.74) is 3.45. The van der Waals surface area contributed by atoms with E-state index in [9.17, 15) is 4.79 Å². The minimum Gasteiger partial charge on any atom is -0.298 e. The van der Waals surface area contributed by atoms with Crippen LogP contribution in [0.4, 0.5) is 0 Å². The molecule has 1 heteroatoms. The minimum absolute atomic E-state index is 0.156. The van der Waals surface area contributed by atoms with Gasteiger partial charge in [0.05, 0.1) is 0 Å². The molecule has 0 atom stereocenters. The van der Waals surface area contributed by atoms with Crippen LogP contribution in [-0.4, -0.2) is 6.29 Å². The van der Waals surface area contributed by atoms with Gasteiger partial charge < -0.3 is 0 Å². The van der Waals surface area contributed by atoms with Gasteiger partial charge in [-0.05, 0) is 29.0 Å². The summed E-state index contributed by atoms with van der Waals surface area (Å²) in [6.45, 7) is 4.42. The van der Waals surface area contributed by atoms with Crippen molar-refractivity contribution < 1.29 is 4.79 Å². The quantitative estimate of drug-likeness (QED) is 0.615. The van der Waals surface area contributed by atoms with E-state index in [2.05, 4.69) is 26.0 Å². The van der Waals surface area contributed by atoms with Crippen molar-refractivity contribution in [1.82, 2.24) is 0 Å². The summed E-state index contributed by atoms with van der Waals surface area (Å²) in [6, 6.07) is 5.90. The molecule has 0 N–H and O–H groups in total. The van der Waals surface area contributed by atoms with E-state index in [0.29, 0.717) is 0 Å². The minimum atomic E-state index is 0.156. The largest absolute Gasteiger partial charge is 0.298 e. The standard InChI is InChI=1S/C13H14O/c1-13(2)7-3-4-11-6-5-10(9-14)8-12(11)13/h3-6,8-9H,7H2,1-2H3. The predicted octanol–water partition coefficient (Wildman–Crippen LogP) is 3.19. The van der Waals surface area contributed by atoms with Crippen LogP contribution in [0.3, 0.4) is 0 Å². The second kappa shape index (κ2) is 3.09. The third-order valence-electron chi connectivity index (χ3n) is 2.87. The molecule has 72 valence electrons. The van der Waals surface area contributed by atoms with Crippen molar-refractivity contribution in [3.8, 4) is 0 Å². The van der Waals surface area contributed by atoms with Gasteiger partial charge in [-0.2, -0.15) is 0 Å². The fourth-order valence-electron chi connectivity index (χ4n) is 1.97. The molecule has 0 saturated heterocycles. The molecule has 0 unspecified atom stereocenters. The van der Waals surface area contributed by atoms with Crippen molar-refractivity contribution in [2.24, 2.45) is 0 Å². The lowest BCUT2D eigenvalue weighted by Crippen LogP contribution is -2.20. The van der Waals surface area contributed by atoms with E-state index < -0.39 is 0 Å². The van der Waals surface area contributed by atoms with E-state index in [1.54, 1.807) is 0 Å². The highest BCUT2D eigenvalue weighted by Gasteiger charge is 2.24. The van der Waals surface area contributed by atoms with Crippen LogP contribution in [0.2, 0.25) is 0 Å². The van der Waals surface area contributed by atoms with Crippen LogP contribution in [0.1, 0.15) is 41.8 Å². The third-order valence-corrected chi connectivity index (χ3v) is 2.87. The van der Waals surface area contributed by atoms with Gasteiger partial charge in [0.25, 0.3) is 0 Å². The molecule has 0 amide bonds. The summed E-state index contributed by atoms with van der Waals surface area (Å²) in [6.07, 6.45) is 6.29. The molecule has 2 rings (SSSR count). The smallest absolute Gasteiger partial charge is 0.150 e.